The van der Waals surface area contributed by atoms with Gasteiger partial charge in [0.15, 0.2) is 5.76 Å². The molecule has 1 N–H and O–H groups in total. The SMILES string of the molecule is Cc1nn(Cc2ccc(C(=O)Nc3cnn(Cc4cccc(Cl)c4)c3)o2)c(C)c1Cl. The van der Waals surface area contributed by atoms with Crippen LogP contribution in [0.2, 0.25) is 10.0 Å². The molecular weight excluding hydrogens is 425 g/mol. The topological polar surface area (TPSA) is 77.9 Å². The van der Waals surface area contributed by atoms with Crippen molar-refractivity contribution in [2.75, 3.05) is 5.32 Å². The number of anilines is 1. The summed E-state index contributed by atoms with van der Waals surface area (Å²) in [5, 5.41) is 12.7. The third-order valence-corrected chi connectivity index (χ3v) is 5.39. The van der Waals surface area contributed by atoms with Crippen LogP contribution in [0, 0.1) is 13.8 Å². The van der Waals surface area contributed by atoms with Crippen molar-refractivity contribution in [1.82, 2.24) is 19.6 Å². The molecule has 0 aliphatic carbocycles. The van der Waals surface area contributed by atoms with Gasteiger partial charge in [0.05, 0.1) is 41.4 Å². The van der Waals surface area contributed by atoms with E-state index in [2.05, 4.69) is 15.5 Å². The van der Waals surface area contributed by atoms with Gasteiger partial charge in [-0.1, -0.05) is 35.3 Å². The molecule has 1 amide bonds. The maximum Gasteiger partial charge on any atom is 0.291 e. The summed E-state index contributed by atoms with van der Waals surface area (Å²) < 4.78 is 9.16. The molecule has 4 aromatic rings. The van der Waals surface area contributed by atoms with Crippen LogP contribution in [-0.2, 0) is 13.1 Å². The van der Waals surface area contributed by atoms with Crippen molar-refractivity contribution in [3.05, 3.63) is 87.3 Å². The van der Waals surface area contributed by atoms with Crippen molar-refractivity contribution in [1.29, 1.82) is 0 Å². The van der Waals surface area contributed by atoms with Crippen LogP contribution in [0.3, 0.4) is 0 Å². The Bertz CT molecular complexity index is 1210. The van der Waals surface area contributed by atoms with Gasteiger partial charge in [-0.15, -0.1) is 0 Å². The first kappa shape index (κ1) is 20.3. The number of carbonyl (C=O) groups excluding carboxylic acids is 1. The summed E-state index contributed by atoms with van der Waals surface area (Å²) in [6.45, 7) is 4.68. The molecule has 3 aromatic heterocycles. The number of aromatic nitrogens is 4. The third kappa shape index (κ3) is 4.42. The van der Waals surface area contributed by atoms with Gasteiger partial charge in [-0.25, -0.2) is 0 Å². The average Bonchev–Trinajstić information content (AvgIpc) is 3.40. The Morgan fingerprint density at radius 1 is 1.17 bits per heavy atom. The molecule has 0 radical (unpaired) electrons. The smallest absolute Gasteiger partial charge is 0.291 e. The van der Waals surface area contributed by atoms with E-state index in [1.54, 1.807) is 33.9 Å². The number of amides is 1. The molecule has 0 bridgehead atoms. The molecular formula is C21H19Cl2N5O2. The molecule has 0 atom stereocenters. The van der Waals surface area contributed by atoms with Gasteiger partial charge in [0, 0.05) is 11.2 Å². The van der Waals surface area contributed by atoms with E-state index in [1.165, 1.54) is 0 Å². The summed E-state index contributed by atoms with van der Waals surface area (Å²) in [5.41, 5.74) is 3.20. The van der Waals surface area contributed by atoms with E-state index < -0.39 is 0 Å². The molecule has 0 aliphatic rings. The summed E-state index contributed by atoms with van der Waals surface area (Å²) in [5.74, 6) is 0.467. The zero-order valence-electron chi connectivity index (χ0n) is 16.4. The van der Waals surface area contributed by atoms with Crippen LogP contribution in [0.4, 0.5) is 5.69 Å². The van der Waals surface area contributed by atoms with Crippen molar-refractivity contribution in [2.24, 2.45) is 0 Å². The Morgan fingerprint density at radius 3 is 2.73 bits per heavy atom. The Hall–Kier alpha value is -3.03. The molecule has 7 nitrogen and oxygen atoms in total. The zero-order chi connectivity index (χ0) is 21.3. The molecule has 30 heavy (non-hydrogen) atoms. The van der Waals surface area contributed by atoms with Gasteiger partial charge in [-0.05, 0) is 43.7 Å². The second kappa shape index (κ2) is 8.38. The third-order valence-electron chi connectivity index (χ3n) is 4.61. The lowest BCUT2D eigenvalue weighted by molar-refractivity contribution is 0.0994. The number of nitrogens with one attached hydrogen (secondary N) is 1. The number of benzene rings is 1. The number of halogens is 2. The van der Waals surface area contributed by atoms with Crippen molar-refractivity contribution in [2.45, 2.75) is 26.9 Å². The molecule has 0 saturated carbocycles. The van der Waals surface area contributed by atoms with Crippen molar-refractivity contribution in [3.8, 4) is 0 Å². The highest BCUT2D eigenvalue weighted by Crippen LogP contribution is 2.21. The standard InChI is InChI=1S/C21H19Cl2N5O2/c1-13-20(23)14(2)28(26-13)12-18-6-7-19(30-18)21(29)25-17-9-24-27(11-17)10-15-4-3-5-16(22)8-15/h3-9,11H,10,12H2,1-2H3,(H,25,29). The van der Waals surface area contributed by atoms with Crippen LogP contribution in [0.15, 0.2) is 53.2 Å². The second-order valence-corrected chi connectivity index (χ2v) is 7.73. The number of hydrogen-bond acceptors (Lipinski definition) is 4. The first-order valence-corrected chi connectivity index (χ1v) is 10.0. The number of carbonyl (C=O) groups is 1. The van der Waals surface area contributed by atoms with Gasteiger partial charge >= 0.3 is 0 Å². The maximum atomic E-state index is 12.5. The summed E-state index contributed by atoms with van der Waals surface area (Å²) in [6, 6.07) is 10.9. The van der Waals surface area contributed by atoms with Gasteiger partial charge in [0.1, 0.15) is 5.76 Å². The molecule has 0 saturated heterocycles. The highest BCUT2D eigenvalue weighted by Gasteiger charge is 2.15. The molecule has 1 aromatic carbocycles. The lowest BCUT2D eigenvalue weighted by atomic mass is 10.2. The summed E-state index contributed by atoms with van der Waals surface area (Å²) in [7, 11) is 0. The van der Waals surface area contributed by atoms with E-state index in [0.29, 0.717) is 34.6 Å². The van der Waals surface area contributed by atoms with Crippen LogP contribution >= 0.6 is 23.2 Å². The van der Waals surface area contributed by atoms with Crippen molar-refractivity contribution >= 4 is 34.8 Å². The van der Waals surface area contributed by atoms with Crippen LogP contribution < -0.4 is 5.32 Å². The van der Waals surface area contributed by atoms with Crippen LogP contribution in [0.25, 0.3) is 0 Å². The molecule has 0 spiro atoms. The normalized spacial score (nSPS) is 11.1. The Labute approximate surface area is 183 Å². The highest BCUT2D eigenvalue weighted by molar-refractivity contribution is 6.31. The summed E-state index contributed by atoms with van der Waals surface area (Å²) in [6.07, 6.45) is 3.34. The van der Waals surface area contributed by atoms with E-state index in [1.807, 2.05) is 38.1 Å². The minimum absolute atomic E-state index is 0.209. The van der Waals surface area contributed by atoms with Crippen LogP contribution in [0.1, 0.15) is 33.3 Å². The fourth-order valence-corrected chi connectivity index (χ4v) is 3.44. The predicted molar refractivity (Wildman–Crippen MR) is 115 cm³/mol. The molecule has 0 unspecified atom stereocenters. The van der Waals surface area contributed by atoms with Crippen LogP contribution in [0.5, 0.6) is 0 Å². The maximum absolute atomic E-state index is 12.5. The number of nitrogens with zero attached hydrogens (tertiary/aromatic N) is 4. The molecule has 0 aliphatic heterocycles. The number of hydrogen-bond donors (Lipinski definition) is 1. The average molecular weight is 444 g/mol. The van der Waals surface area contributed by atoms with Crippen molar-refractivity contribution < 1.29 is 9.21 Å². The predicted octanol–water partition coefficient (Wildman–Crippen LogP) is 4.95. The lowest BCUT2D eigenvalue weighted by Crippen LogP contribution is -2.10. The summed E-state index contributed by atoms with van der Waals surface area (Å²) >= 11 is 12.2. The van der Waals surface area contributed by atoms with Gasteiger partial charge in [0.2, 0.25) is 0 Å². The van der Waals surface area contributed by atoms with E-state index in [-0.39, 0.29) is 11.7 Å². The first-order valence-electron chi connectivity index (χ1n) is 9.25. The minimum atomic E-state index is -0.352. The molecule has 3 heterocycles. The van der Waals surface area contributed by atoms with Gasteiger partial charge < -0.3 is 9.73 Å². The number of rotatable bonds is 6. The van der Waals surface area contributed by atoms with Crippen molar-refractivity contribution in [3.63, 3.8) is 0 Å². The first-order chi connectivity index (χ1) is 14.4. The zero-order valence-corrected chi connectivity index (χ0v) is 17.9. The van der Waals surface area contributed by atoms with E-state index in [0.717, 1.165) is 17.0 Å². The molecule has 154 valence electrons. The van der Waals surface area contributed by atoms with Gasteiger partial charge in [-0.2, -0.15) is 10.2 Å². The number of aryl methyl sites for hydroxylation is 1. The Kier molecular flexibility index (Phi) is 5.65. The lowest BCUT2D eigenvalue weighted by Gasteiger charge is -2.03. The minimum Gasteiger partial charge on any atom is -0.454 e. The van der Waals surface area contributed by atoms with E-state index in [4.69, 9.17) is 27.6 Å². The largest absolute Gasteiger partial charge is 0.454 e. The Balaban J connectivity index is 1.40. The fraction of sp³-hybridized carbons (Fsp3) is 0.190. The van der Waals surface area contributed by atoms with Gasteiger partial charge in [-0.3, -0.25) is 14.2 Å². The highest BCUT2D eigenvalue weighted by atomic mass is 35.5. The van der Waals surface area contributed by atoms with E-state index >= 15 is 0 Å². The quantitative estimate of drug-likeness (QED) is 0.457. The molecule has 9 heteroatoms. The van der Waals surface area contributed by atoms with Crippen LogP contribution in [-0.4, -0.2) is 25.5 Å². The second-order valence-electron chi connectivity index (χ2n) is 6.92. The molecule has 4 rings (SSSR count). The molecule has 0 fully saturated rings. The summed E-state index contributed by atoms with van der Waals surface area (Å²) in [4.78, 5) is 12.5. The number of furan rings is 1. The van der Waals surface area contributed by atoms with Gasteiger partial charge in [0.25, 0.3) is 5.91 Å². The Morgan fingerprint density at radius 2 is 2.00 bits per heavy atom. The fourth-order valence-electron chi connectivity index (χ4n) is 3.09. The van der Waals surface area contributed by atoms with E-state index in [9.17, 15) is 4.79 Å². The monoisotopic (exact) mass is 443 g/mol.